The third-order valence-electron chi connectivity index (χ3n) is 7.15. The Morgan fingerprint density at radius 1 is 0.921 bits per heavy atom. The lowest BCUT2D eigenvalue weighted by Gasteiger charge is -2.35. The molecule has 0 saturated carbocycles. The number of phenols is 1. The number of ether oxygens (including phenoxy) is 3. The van der Waals surface area contributed by atoms with E-state index in [1.807, 2.05) is 12.1 Å². The van der Waals surface area contributed by atoms with E-state index in [0.29, 0.717) is 44.6 Å². The second-order valence-electron chi connectivity index (χ2n) is 9.75. The summed E-state index contributed by atoms with van der Waals surface area (Å²) in [6.07, 6.45) is 1.65. The van der Waals surface area contributed by atoms with E-state index in [1.54, 1.807) is 37.3 Å². The first kappa shape index (κ1) is 25.1. The van der Waals surface area contributed by atoms with E-state index >= 15 is 0 Å². The van der Waals surface area contributed by atoms with E-state index in [-0.39, 0.29) is 24.1 Å². The first-order chi connectivity index (χ1) is 18.4. The van der Waals surface area contributed by atoms with Crippen molar-refractivity contribution in [3.63, 3.8) is 0 Å². The molecule has 0 aromatic heterocycles. The summed E-state index contributed by atoms with van der Waals surface area (Å²) in [5, 5.41) is 11.7. The molecule has 0 atom stereocenters. The van der Waals surface area contributed by atoms with E-state index in [4.69, 9.17) is 37.4 Å². The zero-order valence-electron chi connectivity index (χ0n) is 20.8. The Hall–Kier alpha value is -3.23. The molecule has 0 radical (unpaired) electrons. The summed E-state index contributed by atoms with van der Waals surface area (Å²) in [7, 11) is 0. The second kappa shape index (κ2) is 10.2. The van der Waals surface area contributed by atoms with Crippen molar-refractivity contribution < 1.29 is 24.1 Å². The third kappa shape index (κ3) is 4.83. The number of aromatic hydroxyl groups is 1. The summed E-state index contributed by atoms with van der Waals surface area (Å²) in [6, 6.07) is 12.9. The summed E-state index contributed by atoms with van der Waals surface area (Å²) in [5.41, 5.74) is 3.69. The van der Waals surface area contributed by atoms with Gasteiger partial charge in [0.2, 0.25) is 12.6 Å². The number of rotatable bonds is 5. The van der Waals surface area contributed by atoms with Crippen LogP contribution in [0, 0.1) is 6.92 Å². The lowest BCUT2D eigenvalue weighted by atomic mass is 9.99. The van der Waals surface area contributed by atoms with Crippen molar-refractivity contribution in [2.45, 2.75) is 20.0 Å². The zero-order chi connectivity index (χ0) is 26.4. The van der Waals surface area contributed by atoms with Crippen molar-refractivity contribution in [2.24, 2.45) is 0 Å². The first-order valence-electron chi connectivity index (χ1n) is 12.4. The Bertz CT molecular complexity index is 1460. The molecule has 3 aliphatic rings. The van der Waals surface area contributed by atoms with Crippen LogP contribution in [0.5, 0.6) is 23.0 Å². The van der Waals surface area contributed by atoms with E-state index < -0.39 is 0 Å². The van der Waals surface area contributed by atoms with Crippen LogP contribution in [0.25, 0.3) is 6.08 Å². The number of carbonyl (C=O) groups is 1. The van der Waals surface area contributed by atoms with Gasteiger partial charge in [0.05, 0.1) is 21.2 Å². The van der Waals surface area contributed by atoms with Crippen LogP contribution >= 0.6 is 23.2 Å². The molecule has 6 rings (SSSR count). The monoisotopic (exact) mass is 552 g/mol. The normalized spacial score (nSPS) is 18.2. The number of piperazine rings is 1. The number of hydrogen-bond donors (Lipinski definition) is 1. The fraction of sp³-hybridized carbons (Fsp3) is 0.276. The highest BCUT2D eigenvalue weighted by Crippen LogP contribution is 2.42. The maximum atomic E-state index is 13.2. The van der Waals surface area contributed by atoms with Gasteiger partial charge < -0.3 is 19.3 Å². The van der Waals surface area contributed by atoms with Crippen LogP contribution in [0.4, 0.5) is 0 Å². The number of Topliss-reactive ketones (excluding diaryl/α,β-unsaturated/α-hetero) is 1. The number of allylic oxidation sites excluding steroid dienone is 1. The Labute approximate surface area is 230 Å². The molecule has 9 heteroatoms. The Morgan fingerprint density at radius 2 is 1.66 bits per heavy atom. The van der Waals surface area contributed by atoms with Crippen molar-refractivity contribution in [2.75, 3.05) is 33.0 Å². The number of ketones is 1. The van der Waals surface area contributed by atoms with Crippen LogP contribution in [0.3, 0.4) is 0 Å². The van der Waals surface area contributed by atoms with Gasteiger partial charge in [0.15, 0.2) is 17.3 Å². The second-order valence-corrected chi connectivity index (χ2v) is 10.6. The SMILES string of the molecule is Cc1cc(O)c(CN2CCN(Cc3ccc4c(c3)OCO4)CC2)c2c1C(=O)/C(=C/c1ccc(Cl)c(Cl)c1)O2. The average molecular weight is 553 g/mol. The number of phenolic OH excluding ortho intramolecular Hbond substituents is 1. The summed E-state index contributed by atoms with van der Waals surface area (Å²) >= 11 is 12.2. The molecule has 0 aliphatic carbocycles. The van der Waals surface area contributed by atoms with Gasteiger partial charge in [-0.15, -0.1) is 0 Å². The van der Waals surface area contributed by atoms with E-state index in [0.717, 1.165) is 44.2 Å². The number of halogens is 2. The quantitative estimate of drug-likeness (QED) is 0.409. The molecular weight excluding hydrogens is 527 g/mol. The van der Waals surface area contributed by atoms with Crippen LogP contribution in [0.15, 0.2) is 48.2 Å². The molecule has 7 nitrogen and oxygen atoms in total. The molecule has 196 valence electrons. The molecule has 0 unspecified atom stereocenters. The van der Waals surface area contributed by atoms with Gasteiger partial charge >= 0.3 is 0 Å². The number of aryl methyl sites for hydroxylation is 1. The maximum Gasteiger partial charge on any atom is 0.232 e. The van der Waals surface area contributed by atoms with E-state index in [1.165, 1.54) is 5.56 Å². The van der Waals surface area contributed by atoms with Crippen molar-refractivity contribution in [1.29, 1.82) is 0 Å². The van der Waals surface area contributed by atoms with Crippen molar-refractivity contribution in [3.8, 4) is 23.0 Å². The molecule has 1 saturated heterocycles. The Balaban J connectivity index is 1.16. The largest absolute Gasteiger partial charge is 0.507 e. The number of fused-ring (bicyclic) bond motifs is 2. The molecular formula is C29H26Cl2N2O5. The fourth-order valence-corrected chi connectivity index (χ4v) is 5.42. The highest BCUT2D eigenvalue weighted by molar-refractivity contribution is 6.42. The van der Waals surface area contributed by atoms with Crippen LogP contribution in [0.2, 0.25) is 10.0 Å². The van der Waals surface area contributed by atoms with Gasteiger partial charge in [-0.1, -0.05) is 35.3 Å². The number of carbonyl (C=O) groups excluding carboxylic acids is 1. The number of benzene rings is 3. The fourth-order valence-electron chi connectivity index (χ4n) is 5.11. The third-order valence-corrected chi connectivity index (χ3v) is 7.89. The molecule has 1 fully saturated rings. The lowest BCUT2D eigenvalue weighted by molar-refractivity contribution is 0.101. The predicted octanol–water partition coefficient (Wildman–Crippen LogP) is 5.67. The molecule has 38 heavy (non-hydrogen) atoms. The molecule has 0 spiro atoms. The minimum atomic E-state index is -0.210. The van der Waals surface area contributed by atoms with Crippen molar-refractivity contribution in [1.82, 2.24) is 9.80 Å². The minimum absolute atomic E-state index is 0.132. The zero-order valence-corrected chi connectivity index (χ0v) is 22.3. The van der Waals surface area contributed by atoms with Gasteiger partial charge in [-0.3, -0.25) is 14.6 Å². The first-order valence-corrected chi connectivity index (χ1v) is 13.2. The number of hydrogen-bond acceptors (Lipinski definition) is 7. The molecule has 1 N–H and O–H groups in total. The van der Waals surface area contributed by atoms with Gasteiger partial charge in [0.1, 0.15) is 11.5 Å². The van der Waals surface area contributed by atoms with Gasteiger partial charge in [0.25, 0.3) is 0 Å². The molecule has 0 amide bonds. The summed E-state index contributed by atoms with van der Waals surface area (Å²) in [4.78, 5) is 17.9. The number of nitrogens with zero attached hydrogens (tertiary/aromatic N) is 2. The predicted molar refractivity (Wildman–Crippen MR) is 145 cm³/mol. The summed E-state index contributed by atoms with van der Waals surface area (Å²) < 4.78 is 17.0. The van der Waals surface area contributed by atoms with Gasteiger partial charge in [-0.2, -0.15) is 0 Å². The van der Waals surface area contributed by atoms with Crippen LogP contribution in [-0.2, 0) is 13.1 Å². The van der Waals surface area contributed by atoms with Crippen molar-refractivity contribution in [3.05, 3.63) is 86.1 Å². The highest BCUT2D eigenvalue weighted by atomic mass is 35.5. The van der Waals surface area contributed by atoms with Crippen LogP contribution in [-0.4, -0.2) is 53.7 Å². The molecule has 3 aromatic rings. The van der Waals surface area contributed by atoms with Crippen LogP contribution < -0.4 is 14.2 Å². The van der Waals surface area contributed by atoms with Crippen LogP contribution in [0.1, 0.15) is 32.6 Å². The van der Waals surface area contributed by atoms with Gasteiger partial charge in [-0.25, -0.2) is 0 Å². The topological polar surface area (TPSA) is 71.5 Å². The lowest BCUT2D eigenvalue weighted by Crippen LogP contribution is -2.45. The Morgan fingerprint density at radius 3 is 2.42 bits per heavy atom. The van der Waals surface area contributed by atoms with Gasteiger partial charge in [0, 0.05) is 39.3 Å². The molecule has 3 aliphatic heterocycles. The molecule has 0 bridgehead atoms. The summed E-state index contributed by atoms with van der Waals surface area (Å²) in [6.45, 7) is 6.81. The summed E-state index contributed by atoms with van der Waals surface area (Å²) in [5.74, 6) is 2.14. The maximum absolute atomic E-state index is 13.2. The van der Waals surface area contributed by atoms with Crippen molar-refractivity contribution >= 4 is 35.1 Å². The van der Waals surface area contributed by atoms with E-state index in [2.05, 4.69) is 15.9 Å². The smallest absolute Gasteiger partial charge is 0.232 e. The Kier molecular flexibility index (Phi) is 6.70. The van der Waals surface area contributed by atoms with E-state index in [9.17, 15) is 9.90 Å². The minimum Gasteiger partial charge on any atom is -0.507 e. The van der Waals surface area contributed by atoms with Gasteiger partial charge in [-0.05, 0) is 60.0 Å². The highest BCUT2D eigenvalue weighted by Gasteiger charge is 2.34. The average Bonchev–Trinajstić information content (AvgIpc) is 3.49. The molecule has 3 aromatic carbocycles. The standard InChI is InChI=1S/C29H26Cl2N2O5/c1-17-10-23(34)20(29-27(17)28(35)26(38-29)12-18-2-4-21(30)22(31)11-18)15-33-8-6-32(7-9-33)14-19-3-5-24-25(13-19)37-16-36-24/h2-5,10-13,34H,6-9,14-16H2,1H3/b26-12-. The molecule has 3 heterocycles.